The SMILES string of the molecule is CCCCCCC[C@H](C)Oc1ccc(/C=C2/SC(=S)N([C@@H](Cc3ccccc3)C(=O)O)C2=O)cc1OCC. The molecule has 0 radical (unpaired) electrons. The van der Waals surface area contributed by atoms with Crippen molar-refractivity contribution in [2.45, 2.75) is 77.9 Å². The standard InChI is InChI=1S/C30H37NO5S2/c1-4-6-7-8-10-13-21(3)36-25-17-16-23(19-26(25)35-5-2)20-27-28(32)31(30(37)38-27)24(29(33)34)18-22-14-11-9-12-15-22/h9,11-12,14-17,19-21,24H,4-8,10,13,18H2,1-3H3,(H,33,34)/b27-20+/t21-,24-/m0/s1. The summed E-state index contributed by atoms with van der Waals surface area (Å²) >= 11 is 6.55. The van der Waals surface area contributed by atoms with Gasteiger partial charge in [0, 0.05) is 6.42 Å². The van der Waals surface area contributed by atoms with Crippen LogP contribution in [0.15, 0.2) is 53.4 Å². The summed E-state index contributed by atoms with van der Waals surface area (Å²) in [5.74, 6) is -0.210. The van der Waals surface area contributed by atoms with Crippen LogP contribution >= 0.6 is 24.0 Å². The van der Waals surface area contributed by atoms with Gasteiger partial charge in [-0.05, 0) is 56.0 Å². The van der Waals surface area contributed by atoms with Crippen LogP contribution in [0.5, 0.6) is 11.5 Å². The molecule has 0 bridgehead atoms. The van der Waals surface area contributed by atoms with E-state index in [-0.39, 0.29) is 16.8 Å². The Hall–Kier alpha value is -2.84. The molecular weight excluding hydrogens is 518 g/mol. The summed E-state index contributed by atoms with van der Waals surface area (Å²) in [5.41, 5.74) is 1.58. The molecule has 38 heavy (non-hydrogen) atoms. The van der Waals surface area contributed by atoms with Gasteiger partial charge in [-0.2, -0.15) is 0 Å². The lowest BCUT2D eigenvalue weighted by atomic mass is 10.0. The molecule has 1 aliphatic heterocycles. The first-order chi connectivity index (χ1) is 18.3. The van der Waals surface area contributed by atoms with Gasteiger partial charge in [-0.3, -0.25) is 9.69 Å². The van der Waals surface area contributed by atoms with Crippen molar-refractivity contribution < 1.29 is 24.2 Å². The second-order valence-corrected chi connectivity index (χ2v) is 11.0. The second kappa shape index (κ2) is 14.9. The smallest absolute Gasteiger partial charge is 0.327 e. The maximum atomic E-state index is 13.3. The molecule has 0 saturated carbocycles. The summed E-state index contributed by atoms with van der Waals surface area (Å²) in [6, 6.07) is 13.7. The van der Waals surface area contributed by atoms with Gasteiger partial charge < -0.3 is 14.6 Å². The number of thiocarbonyl (C=S) groups is 1. The highest BCUT2D eigenvalue weighted by atomic mass is 32.2. The Bertz CT molecular complexity index is 1130. The van der Waals surface area contributed by atoms with E-state index in [1.165, 1.54) is 30.6 Å². The Labute approximate surface area is 235 Å². The van der Waals surface area contributed by atoms with Crippen molar-refractivity contribution >= 4 is 46.3 Å². The lowest BCUT2D eigenvalue weighted by Gasteiger charge is -2.23. The van der Waals surface area contributed by atoms with Crippen LogP contribution in [-0.4, -0.2) is 45.0 Å². The van der Waals surface area contributed by atoms with Gasteiger partial charge in [0.15, 0.2) is 11.5 Å². The van der Waals surface area contributed by atoms with Crippen molar-refractivity contribution in [3.05, 3.63) is 64.6 Å². The number of thioether (sulfide) groups is 1. The van der Waals surface area contributed by atoms with Crippen LogP contribution in [0.1, 0.15) is 70.4 Å². The predicted octanol–water partition coefficient (Wildman–Crippen LogP) is 7.11. The lowest BCUT2D eigenvalue weighted by molar-refractivity contribution is -0.145. The Morgan fingerprint density at radius 1 is 1.08 bits per heavy atom. The molecule has 2 aromatic rings. The summed E-state index contributed by atoms with van der Waals surface area (Å²) < 4.78 is 12.3. The van der Waals surface area contributed by atoms with Crippen LogP contribution in [0.25, 0.3) is 6.08 Å². The molecule has 0 aromatic heterocycles. The first-order valence-electron chi connectivity index (χ1n) is 13.3. The summed E-state index contributed by atoms with van der Waals surface area (Å²) in [5, 5.41) is 9.88. The van der Waals surface area contributed by atoms with Crippen LogP contribution in [0.3, 0.4) is 0 Å². The number of nitrogens with zero attached hydrogens (tertiary/aromatic N) is 1. The number of benzene rings is 2. The van der Waals surface area contributed by atoms with Crippen molar-refractivity contribution in [3.8, 4) is 11.5 Å². The fourth-order valence-corrected chi connectivity index (χ4v) is 5.67. The van der Waals surface area contributed by atoms with E-state index in [1.807, 2.05) is 55.5 Å². The Kier molecular flexibility index (Phi) is 11.7. The number of aliphatic carboxylic acids is 1. The topological polar surface area (TPSA) is 76.1 Å². The average molecular weight is 556 g/mol. The number of hydrogen-bond donors (Lipinski definition) is 1. The number of carboxylic acids is 1. The lowest BCUT2D eigenvalue weighted by Crippen LogP contribution is -2.45. The maximum Gasteiger partial charge on any atom is 0.327 e. The summed E-state index contributed by atoms with van der Waals surface area (Å²) in [6.07, 6.45) is 9.05. The van der Waals surface area contributed by atoms with E-state index in [4.69, 9.17) is 21.7 Å². The molecule has 204 valence electrons. The molecule has 0 unspecified atom stereocenters. The van der Waals surface area contributed by atoms with Crippen molar-refractivity contribution in [3.63, 3.8) is 0 Å². The molecule has 6 nitrogen and oxygen atoms in total. The van der Waals surface area contributed by atoms with Crippen molar-refractivity contribution in [1.29, 1.82) is 0 Å². The van der Waals surface area contributed by atoms with E-state index < -0.39 is 17.9 Å². The molecule has 2 atom stereocenters. The van der Waals surface area contributed by atoms with Gasteiger partial charge in [-0.1, -0.05) is 93.0 Å². The molecular formula is C30H37NO5S2. The third-order valence-corrected chi connectivity index (χ3v) is 7.63. The highest BCUT2D eigenvalue weighted by Gasteiger charge is 2.40. The largest absolute Gasteiger partial charge is 0.490 e. The van der Waals surface area contributed by atoms with Crippen molar-refractivity contribution in [2.24, 2.45) is 0 Å². The molecule has 1 heterocycles. The molecule has 2 aromatic carbocycles. The number of unbranched alkanes of at least 4 members (excludes halogenated alkanes) is 4. The molecule has 1 N–H and O–H groups in total. The number of carboxylic acid groups (broad SMARTS) is 1. The van der Waals surface area contributed by atoms with E-state index in [0.29, 0.717) is 23.0 Å². The van der Waals surface area contributed by atoms with Crippen LogP contribution in [-0.2, 0) is 16.0 Å². The third kappa shape index (κ3) is 8.33. The number of rotatable bonds is 15. The quantitative estimate of drug-likeness (QED) is 0.143. The zero-order chi connectivity index (χ0) is 27.5. The summed E-state index contributed by atoms with van der Waals surface area (Å²) in [7, 11) is 0. The van der Waals surface area contributed by atoms with E-state index in [9.17, 15) is 14.7 Å². The zero-order valence-corrected chi connectivity index (χ0v) is 24.0. The number of amides is 1. The fraction of sp³-hybridized carbons (Fsp3) is 0.433. The molecule has 1 amide bonds. The van der Waals surface area contributed by atoms with Crippen molar-refractivity contribution in [1.82, 2.24) is 4.90 Å². The first-order valence-corrected chi connectivity index (χ1v) is 14.5. The van der Waals surface area contributed by atoms with Gasteiger partial charge in [0.2, 0.25) is 0 Å². The van der Waals surface area contributed by atoms with E-state index in [1.54, 1.807) is 6.08 Å². The van der Waals surface area contributed by atoms with Gasteiger partial charge in [0.1, 0.15) is 10.4 Å². The fourth-order valence-electron chi connectivity index (χ4n) is 4.32. The van der Waals surface area contributed by atoms with E-state index in [0.717, 1.165) is 35.7 Å². The van der Waals surface area contributed by atoms with Gasteiger partial charge in [-0.15, -0.1) is 0 Å². The number of hydrogen-bond acceptors (Lipinski definition) is 6. The normalized spacial score (nSPS) is 16.1. The second-order valence-electron chi connectivity index (χ2n) is 9.37. The minimum absolute atomic E-state index is 0.0653. The minimum atomic E-state index is -1.09. The van der Waals surface area contributed by atoms with E-state index in [2.05, 4.69) is 13.8 Å². The van der Waals surface area contributed by atoms with Crippen LogP contribution in [0.2, 0.25) is 0 Å². The van der Waals surface area contributed by atoms with Gasteiger partial charge in [0.05, 0.1) is 17.6 Å². The highest BCUT2D eigenvalue weighted by Crippen LogP contribution is 2.37. The number of carbonyl (C=O) groups excluding carboxylic acids is 1. The Morgan fingerprint density at radius 3 is 2.50 bits per heavy atom. The molecule has 1 saturated heterocycles. The van der Waals surface area contributed by atoms with Crippen LogP contribution in [0, 0.1) is 0 Å². The summed E-state index contributed by atoms with van der Waals surface area (Å²) in [4.78, 5) is 27.0. The summed E-state index contributed by atoms with van der Waals surface area (Å²) in [6.45, 7) is 6.68. The van der Waals surface area contributed by atoms with Crippen LogP contribution < -0.4 is 9.47 Å². The highest BCUT2D eigenvalue weighted by molar-refractivity contribution is 8.26. The molecule has 0 spiro atoms. The van der Waals surface area contributed by atoms with Gasteiger partial charge in [0.25, 0.3) is 5.91 Å². The zero-order valence-electron chi connectivity index (χ0n) is 22.4. The average Bonchev–Trinajstić information content (AvgIpc) is 3.16. The minimum Gasteiger partial charge on any atom is -0.490 e. The maximum absolute atomic E-state index is 13.3. The molecule has 1 fully saturated rings. The van der Waals surface area contributed by atoms with Crippen molar-refractivity contribution in [2.75, 3.05) is 6.61 Å². The molecule has 3 rings (SSSR count). The number of carbonyl (C=O) groups is 2. The third-order valence-electron chi connectivity index (χ3n) is 6.30. The van der Waals surface area contributed by atoms with Gasteiger partial charge in [-0.25, -0.2) is 4.79 Å². The Morgan fingerprint density at radius 2 is 1.82 bits per heavy atom. The molecule has 8 heteroatoms. The molecule has 0 aliphatic carbocycles. The monoisotopic (exact) mass is 555 g/mol. The first kappa shape index (κ1) is 29.7. The van der Waals surface area contributed by atoms with Gasteiger partial charge >= 0.3 is 5.97 Å². The Balaban J connectivity index is 1.73. The molecule has 1 aliphatic rings. The van der Waals surface area contributed by atoms with E-state index >= 15 is 0 Å². The predicted molar refractivity (Wildman–Crippen MR) is 158 cm³/mol. The van der Waals surface area contributed by atoms with Crippen LogP contribution in [0.4, 0.5) is 0 Å². The number of ether oxygens (including phenoxy) is 2.